The topological polar surface area (TPSA) is 98.0 Å². The van der Waals surface area contributed by atoms with Gasteiger partial charge in [-0.25, -0.2) is 8.42 Å². The second-order valence-corrected chi connectivity index (χ2v) is 6.72. The van der Waals surface area contributed by atoms with Crippen molar-refractivity contribution in [3.05, 3.63) is 34.3 Å². The molecule has 10 heteroatoms. The molecule has 2 aromatic rings. The summed E-state index contributed by atoms with van der Waals surface area (Å²) < 4.78 is 26.4. The number of aromatic nitrogens is 2. The Bertz CT molecular complexity index is 715. The number of sulfonamides is 1. The van der Waals surface area contributed by atoms with Crippen LogP contribution >= 0.6 is 35.2 Å². The summed E-state index contributed by atoms with van der Waals surface area (Å²) in [7, 11) is -3.76. The molecule has 0 aliphatic carbocycles. The van der Waals surface area contributed by atoms with E-state index in [-0.39, 0.29) is 20.0 Å². The van der Waals surface area contributed by atoms with Gasteiger partial charge >= 0.3 is 0 Å². The van der Waals surface area contributed by atoms with Crippen LogP contribution in [-0.2, 0) is 10.0 Å². The zero-order valence-electron chi connectivity index (χ0n) is 9.20. The van der Waals surface area contributed by atoms with E-state index >= 15 is 0 Å². The minimum atomic E-state index is -3.76. The van der Waals surface area contributed by atoms with Crippen molar-refractivity contribution in [1.82, 2.24) is 10.2 Å². The molecule has 1 aromatic carbocycles. The first-order valence-corrected chi connectivity index (χ1v) is 7.93. The molecule has 0 aliphatic rings. The molecule has 0 atom stereocenters. The van der Waals surface area contributed by atoms with Gasteiger partial charge in [0, 0.05) is 5.56 Å². The van der Waals surface area contributed by atoms with Gasteiger partial charge in [-0.3, -0.25) is 4.72 Å². The lowest BCUT2D eigenvalue weighted by molar-refractivity contribution is 0.601. The van der Waals surface area contributed by atoms with Crippen LogP contribution in [-0.4, -0.2) is 23.6 Å². The van der Waals surface area contributed by atoms with Crippen molar-refractivity contribution >= 4 is 55.3 Å². The maximum Gasteiger partial charge on any atom is 0.263 e. The number of anilines is 1. The lowest BCUT2D eigenvalue weighted by Gasteiger charge is -2.07. The van der Waals surface area contributed by atoms with Gasteiger partial charge in [-0.15, -0.1) is 10.2 Å². The number of rotatable bonds is 4. The highest BCUT2D eigenvalue weighted by Gasteiger charge is 2.17. The molecule has 0 radical (unpaired) electrons. The fourth-order valence-electron chi connectivity index (χ4n) is 1.25. The summed E-state index contributed by atoms with van der Waals surface area (Å²) in [4.78, 5) is 0.0960. The monoisotopic (exact) mass is 334 g/mol. The number of nitrogens with one attached hydrogen (secondary N) is 1. The lowest BCUT2D eigenvalue weighted by atomic mass is 10.2. The Morgan fingerprint density at radius 2 is 2.21 bits per heavy atom. The van der Waals surface area contributed by atoms with Gasteiger partial charge in [-0.1, -0.05) is 35.2 Å². The second kappa shape index (κ2) is 5.37. The maximum absolute atomic E-state index is 12.0. The van der Waals surface area contributed by atoms with Crippen LogP contribution in [0, 0.1) is 0 Å². The molecule has 1 heterocycles. The van der Waals surface area contributed by atoms with E-state index in [9.17, 15) is 8.42 Å². The van der Waals surface area contributed by atoms with Gasteiger partial charge in [0.05, 0.1) is 9.92 Å². The van der Waals surface area contributed by atoms with Crippen molar-refractivity contribution in [2.75, 3.05) is 4.72 Å². The van der Waals surface area contributed by atoms with Crippen LogP contribution in [0.1, 0.15) is 5.56 Å². The second-order valence-electron chi connectivity index (χ2n) is 3.36. The molecule has 0 saturated carbocycles. The number of nitrogens with zero attached hydrogens (tertiary/aromatic N) is 2. The Balaban J connectivity index is 2.36. The molecule has 0 unspecified atom stereocenters. The largest absolute Gasteiger partial charge is 0.389 e. The molecular formula is C9H7ClN4O2S3. The van der Waals surface area contributed by atoms with Gasteiger partial charge in [0.15, 0.2) is 0 Å². The van der Waals surface area contributed by atoms with E-state index in [0.29, 0.717) is 5.56 Å². The lowest BCUT2D eigenvalue weighted by Crippen LogP contribution is -2.14. The third kappa shape index (κ3) is 3.18. The summed E-state index contributed by atoms with van der Waals surface area (Å²) in [5, 5.41) is 7.49. The summed E-state index contributed by atoms with van der Waals surface area (Å²) in [6.07, 6.45) is 0. The highest BCUT2D eigenvalue weighted by molar-refractivity contribution is 7.93. The van der Waals surface area contributed by atoms with Gasteiger partial charge in [0.1, 0.15) is 10.5 Å². The summed E-state index contributed by atoms with van der Waals surface area (Å²) in [6.45, 7) is 0. The minimum absolute atomic E-state index is 0.00676. The van der Waals surface area contributed by atoms with Crippen LogP contribution in [0.2, 0.25) is 5.02 Å². The van der Waals surface area contributed by atoms with E-state index in [2.05, 4.69) is 14.9 Å². The van der Waals surface area contributed by atoms with Gasteiger partial charge in [-0.2, -0.15) is 0 Å². The molecule has 0 amide bonds. The average molecular weight is 335 g/mol. The number of benzene rings is 1. The third-order valence-electron chi connectivity index (χ3n) is 2.10. The van der Waals surface area contributed by atoms with Crippen molar-refractivity contribution in [1.29, 1.82) is 0 Å². The predicted molar refractivity (Wildman–Crippen MR) is 78.1 cm³/mol. The normalized spacial score (nSPS) is 11.2. The number of hydrogen-bond acceptors (Lipinski definition) is 6. The van der Waals surface area contributed by atoms with Crippen molar-refractivity contribution < 1.29 is 8.42 Å². The van der Waals surface area contributed by atoms with Gasteiger partial charge in [-0.05, 0) is 18.2 Å². The van der Waals surface area contributed by atoms with Gasteiger partial charge < -0.3 is 5.73 Å². The molecule has 3 N–H and O–H groups in total. The highest BCUT2D eigenvalue weighted by atomic mass is 35.5. The molecule has 6 nitrogen and oxygen atoms in total. The van der Waals surface area contributed by atoms with E-state index in [1.165, 1.54) is 23.7 Å². The summed E-state index contributed by atoms with van der Waals surface area (Å²) in [6, 6.07) is 4.10. The van der Waals surface area contributed by atoms with Crippen LogP contribution in [0.15, 0.2) is 28.6 Å². The predicted octanol–water partition coefficient (Wildman–Crippen LogP) is 1.63. The molecule has 1 aromatic heterocycles. The Kier molecular flexibility index (Phi) is 3.99. The fourth-order valence-corrected chi connectivity index (χ4v) is 3.55. The first-order valence-electron chi connectivity index (χ1n) is 4.78. The molecule has 0 bridgehead atoms. The zero-order chi connectivity index (χ0) is 14.0. The van der Waals surface area contributed by atoms with Crippen LogP contribution in [0.4, 0.5) is 5.13 Å². The highest BCUT2D eigenvalue weighted by Crippen LogP contribution is 2.23. The molecular weight excluding hydrogens is 328 g/mol. The van der Waals surface area contributed by atoms with E-state index in [0.717, 1.165) is 11.3 Å². The van der Waals surface area contributed by atoms with Gasteiger partial charge in [0.2, 0.25) is 5.13 Å². The third-order valence-corrected chi connectivity index (χ3v) is 4.70. The van der Waals surface area contributed by atoms with Crippen LogP contribution < -0.4 is 10.5 Å². The molecule has 100 valence electrons. The molecule has 0 spiro atoms. The average Bonchev–Trinajstić information content (AvgIpc) is 2.80. The Labute approximate surface area is 123 Å². The maximum atomic E-state index is 12.0. The van der Waals surface area contributed by atoms with Crippen LogP contribution in [0.25, 0.3) is 0 Å². The number of thiocarbonyl (C=S) groups is 1. The van der Waals surface area contributed by atoms with E-state index in [1.54, 1.807) is 0 Å². The smallest absolute Gasteiger partial charge is 0.263 e. The fraction of sp³-hybridized carbons (Fsp3) is 0. The molecule has 0 saturated heterocycles. The van der Waals surface area contributed by atoms with Crippen molar-refractivity contribution in [3.8, 4) is 0 Å². The number of halogens is 1. The van der Waals surface area contributed by atoms with E-state index in [1.807, 2.05) is 0 Å². The van der Waals surface area contributed by atoms with Crippen LogP contribution in [0.3, 0.4) is 0 Å². The van der Waals surface area contributed by atoms with Crippen LogP contribution in [0.5, 0.6) is 0 Å². The molecule has 0 aliphatic heterocycles. The summed E-state index contributed by atoms with van der Waals surface area (Å²) in [5.41, 5.74) is 7.29. The number of hydrogen-bond donors (Lipinski definition) is 2. The van der Waals surface area contributed by atoms with Gasteiger partial charge in [0.25, 0.3) is 10.0 Å². The Hall–Kier alpha value is -1.29. The van der Waals surface area contributed by atoms with E-state index in [4.69, 9.17) is 29.6 Å². The first kappa shape index (κ1) is 14.1. The first-order chi connectivity index (χ1) is 8.90. The van der Waals surface area contributed by atoms with Crippen molar-refractivity contribution in [3.63, 3.8) is 0 Å². The zero-order valence-corrected chi connectivity index (χ0v) is 12.4. The molecule has 0 fully saturated rings. The minimum Gasteiger partial charge on any atom is -0.389 e. The SMILES string of the molecule is NC(=S)c1ccc(S(=O)(=O)Nc2nncs2)cc1Cl. The number of nitrogens with two attached hydrogens (primary N) is 1. The molecule has 2 rings (SSSR count). The Morgan fingerprint density at radius 3 is 2.74 bits per heavy atom. The van der Waals surface area contributed by atoms with E-state index < -0.39 is 10.0 Å². The standard InChI is InChI=1S/C9H7ClN4O2S3/c10-7-3-5(1-2-6(7)8(11)17)19(15,16)14-9-13-12-4-18-9/h1-4H,(H2,11,17)(H,13,14). The molecule has 19 heavy (non-hydrogen) atoms. The summed E-state index contributed by atoms with van der Waals surface area (Å²) in [5.74, 6) is 0. The van der Waals surface area contributed by atoms with Crippen molar-refractivity contribution in [2.24, 2.45) is 5.73 Å². The van der Waals surface area contributed by atoms with Crippen molar-refractivity contribution in [2.45, 2.75) is 4.90 Å². The Morgan fingerprint density at radius 1 is 1.47 bits per heavy atom. The summed E-state index contributed by atoms with van der Waals surface area (Å²) >= 11 is 11.8. The quantitative estimate of drug-likeness (QED) is 0.825.